The van der Waals surface area contributed by atoms with Crippen LogP contribution in [-0.4, -0.2) is 45.2 Å². The van der Waals surface area contributed by atoms with Gasteiger partial charge in [-0.3, -0.25) is 9.59 Å². The van der Waals surface area contributed by atoms with Crippen LogP contribution in [0.1, 0.15) is 22.3 Å². The summed E-state index contributed by atoms with van der Waals surface area (Å²) < 4.78 is 15.2. The molecule has 1 saturated heterocycles. The van der Waals surface area contributed by atoms with Gasteiger partial charge in [-0.2, -0.15) is 0 Å². The molecule has 8 nitrogen and oxygen atoms in total. The Kier molecular flexibility index (Phi) is 5.72. The Bertz CT molecular complexity index is 972. The summed E-state index contributed by atoms with van der Waals surface area (Å²) in [6.45, 7) is 1.84. The molecule has 1 heterocycles. The fraction of sp³-hybridized carbons (Fsp3) is 0.286. The molecule has 0 bridgehead atoms. The van der Waals surface area contributed by atoms with Crippen molar-refractivity contribution in [2.24, 2.45) is 0 Å². The second-order valence-electron chi connectivity index (χ2n) is 6.53. The highest BCUT2D eigenvalue weighted by atomic mass is 16.5. The van der Waals surface area contributed by atoms with Gasteiger partial charge in [-0.05, 0) is 36.8 Å². The van der Waals surface area contributed by atoms with E-state index in [9.17, 15) is 14.4 Å². The van der Waals surface area contributed by atoms with Crippen molar-refractivity contribution in [3.63, 3.8) is 0 Å². The lowest BCUT2D eigenvalue weighted by Gasteiger charge is -2.18. The van der Waals surface area contributed by atoms with Crippen LogP contribution in [0.15, 0.2) is 36.4 Å². The molecular weight excluding hydrogens is 376 g/mol. The highest BCUT2D eigenvalue weighted by Gasteiger charge is 2.40. The van der Waals surface area contributed by atoms with E-state index in [2.05, 4.69) is 5.32 Å². The summed E-state index contributed by atoms with van der Waals surface area (Å²) in [5.41, 5.74) is 2.19. The number of benzene rings is 2. The van der Waals surface area contributed by atoms with Crippen LogP contribution in [0.4, 0.5) is 11.4 Å². The molecule has 1 atom stereocenters. The zero-order valence-corrected chi connectivity index (χ0v) is 16.6. The molecule has 152 valence electrons. The number of amides is 2. The van der Waals surface area contributed by atoms with Gasteiger partial charge in [0.15, 0.2) is 11.5 Å². The fourth-order valence-corrected chi connectivity index (χ4v) is 3.19. The van der Waals surface area contributed by atoms with Crippen molar-refractivity contribution in [3.8, 4) is 11.5 Å². The average Bonchev–Trinajstić information content (AvgIpc) is 3.01. The Labute approximate surface area is 168 Å². The molecule has 0 aliphatic carbocycles. The number of carbonyl (C=O) groups excluding carboxylic acids is 3. The third-order valence-electron chi connectivity index (χ3n) is 4.76. The van der Waals surface area contributed by atoms with E-state index in [4.69, 9.17) is 14.2 Å². The molecular formula is C21H22N2O6. The SMILES string of the molecule is COC(=O)c1ccc(C)c(N[C@@H]2CC(=O)N(c3ccc(OC)c(OC)c3)C2=O)c1. The van der Waals surface area contributed by atoms with Crippen molar-refractivity contribution in [3.05, 3.63) is 47.5 Å². The maximum absolute atomic E-state index is 12.9. The van der Waals surface area contributed by atoms with E-state index in [1.807, 2.05) is 6.92 Å². The third-order valence-corrected chi connectivity index (χ3v) is 4.76. The highest BCUT2D eigenvalue weighted by molar-refractivity contribution is 6.23. The Morgan fingerprint density at radius 1 is 1.03 bits per heavy atom. The van der Waals surface area contributed by atoms with Gasteiger partial charge in [-0.1, -0.05) is 6.07 Å². The van der Waals surface area contributed by atoms with Crippen LogP contribution in [0.3, 0.4) is 0 Å². The number of methoxy groups -OCH3 is 3. The Hall–Kier alpha value is -3.55. The van der Waals surface area contributed by atoms with Crippen LogP contribution in [0.2, 0.25) is 0 Å². The molecule has 2 aromatic rings. The predicted octanol–water partition coefficient (Wildman–Crippen LogP) is 2.54. The lowest BCUT2D eigenvalue weighted by molar-refractivity contribution is -0.121. The predicted molar refractivity (Wildman–Crippen MR) is 107 cm³/mol. The molecule has 0 unspecified atom stereocenters. The number of aryl methyl sites for hydroxylation is 1. The maximum atomic E-state index is 12.9. The van der Waals surface area contributed by atoms with E-state index >= 15 is 0 Å². The number of nitrogens with one attached hydrogen (secondary N) is 1. The van der Waals surface area contributed by atoms with E-state index in [0.29, 0.717) is 28.4 Å². The summed E-state index contributed by atoms with van der Waals surface area (Å²) in [5.74, 6) is -0.274. The van der Waals surface area contributed by atoms with Crippen molar-refractivity contribution in [2.75, 3.05) is 31.5 Å². The molecule has 1 aliphatic rings. The van der Waals surface area contributed by atoms with Crippen LogP contribution in [0.25, 0.3) is 0 Å². The van der Waals surface area contributed by atoms with Gasteiger partial charge in [-0.15, -0.1) is 0 Å². The van der Waals surface area contributed by atoms with Gasteiger partial charge in [0, 0.05) is 11.8 Å². The molecule has 8 heteroatoms. The van der Waals surface area contributed by atoms with Crippen molar-refractivity contribution in [1.82, 2.24) is 0 Å². The number of imide groups is 1. The normalized spacial score (nSPS) is 16.0. The number of hydrogen-bond donors (Lipinski definition) is 1. The molecule has 0 aromatic heterocycles. The van der Waals surface area contributed by atoms with E-state index in [0.717, 1.165) is 10.5 Å². The summed E-state index contributed by atoms with van der Waals surface area (Å²) in [7, 11) is 4.29. The van der Waals surface area contributed by atoms with E-state index in [1.54, 1.807) is 36.4 Å². The van der Waals surface area contributed by atoms with Crippen molar-refractivity contribution >= 4 is 29.2 Å². The van der Waals surface area contributed by atoms with Crippen LogP contribution in [0, 0.1) is 6.92 Å². The Balaban J connectivity index is 1.86. The number of rotatable bonds is 6. The quantitative estimate of drug-likeness (QED) is 0.590. The zero-order chi connectivity index (χ0) is 21.1. The van der Waals surface area contributed by atoms with E-state index in [-0.39, 0.29) is 18.2 Å². The van der Waals surface area contributed by atoms with Gasteiger partial charge in [0.05, 0.1) is 39.0 Å². The van der Waals surface area contributed by atoms with Gasteiger partial charge in [-0.25, -0.2) is 9.69 Å². The Morgan fingerprint density at radius 3 is 2.41 bits per heavy atom. The lowest BCUT2D eigenvalue weighted by Crippen LogP contribution is -2.35. The number of hydrogen-bond acceptors (Lipinski definition) is 7. The molecule has 2 amide bonds. The first-order valence-corrected chi connectivity index (χ1v) is 8.94. The fourth-order valence-electron chi connectivity index (χ4n) is 3.19. The van der Waals surface area contributed by atoms with Crippen molar-refractivity contribution in [1.29, 1.82) is 0 Å². The minimum atomic E-state index is -0.748. The van der Waals surface area contributed by atoms with Crippen LogP contribution in [-0.2, 0) is 14.3 Å². The van der Waals surface area contributed by atoms with Crippen molar-refractivity contribution in [2.45, 2.75) is 19.4 Å². The first kappa shape index (κ1) is 20.2. The molecule has 0 spiro atoms. The molecule has 1 fully saturated rings. The standard InChI is InChI=1S/C21H22N2O6/c1-12-5-6-13(21(26)29-4)9-15(12)22-16-11-19(24)23(20(16)25)14-7-8-17(27-2)18(10-14)28-3/h5-10,16,22H,11H2,1-4H3/t16-/m1/s1. The number of nitrogens with zero attached hydrogens (tertiary/aromatic N) is 1. The van der Waals surface area contributed by atoms with Crippen LogP contribution >= 0.6 is 0 Å². The van der Waals surface area contributed by atoms with Crippen molar-refractivity contribution < 1.29 is 28.6 Å². The average molecular weight is 398 g/mol. The molecule has 3 rings (SSSR count). The minimum absolute atomic E-state index is 0.00489. The number of anilines is 2. The van der Waals surface area contributed by atoms with Gasteiger partial charge in [0.25, 0.3) is 5.91 Å². The maximum Gasteiger partial charge on any atom is 0.337 e. The minimum Gasteiger partial charge on any atom is -0.493 e. The lowest BCUT2D eigenvalue weighted by atomic mass is 10.1. The molecule has 2 aromatic carbocycles. The molecule has 0 saturated carbocycles. The number of carbonyl (C=O) groups is 3. The largest absolute Gasteiger partial charge is 0.493 e. The summed E-state index contributed by atoms with van der Waals surface area (Å²) in [5, 5.41) is 3.08. The number of ether oxygens (including phenoxy) is 3. The zero-order valence-electron chi connectivity index (χ0n) is 16.6. The smallest absolute Gasteiger partial charge is 0.337 e. The monoisotopic (exact) mass is 398 g/mol. The molecule has 29 heavy (non-hydrogen) atoms. The second kappa shape index (κ2) is 8.22. The van der Waals surface area contributed by atoms with Gasteiger partial charge in [0.1, 0.15) is 6.04 Å². The van der Waals surface area contributed by atoms with Crippen LogP contribution in [0.5, 0.6) is 11.5 Å². The first-order valence-electron chi connectivity index (χ1n) is 8.94. The molecule has 0 radical (unpaired) electrons. The van der Waals surface area contributed by atoms with Gasteiger partial charge in [0.2, 0.25) is 5.91 Å². The molecule has 1 N–H and O–H groups in total. The summed E-state index contributed by atoms with van der Waals surface area (Å²) in [6.07, 6.45) is -0.00489. The summed E-state index contributed by atoms with van der Waals surface area (Å²) in [6, 6.07) is 9.11. The first-order chi connectivity index (χ1) is 13.9. The van der Waals surface area contributed by atoms with Gasteiger partial charge < -0.3 is 19.5 Å². The van der Waals surface area contributed by atoms with E-state index in [1.165, 1.54) is 21.3 Å². The van der Waals surface area contributed by atoms with E-state index < -0.39 is 12.0 Å². The highest BCUT2D eigenvalue weighted by Crippen LogP contribution is 2.34. The van der Waals surface area contributed by atoms with Crippen LogP contribution < -0.4 is 19.7 Å². The second-order valence-corrected chi connectivity index (χ2v) is 6.53. The topological polar surface area (TPSA) is 94.2 Å². The number of esters is 1. The third kappa shape index (κ3) is 3.87. The Morgan fingerprint density at radius 2 is 1.76 bits per heavy atom. The van der Waals surface area contributed by atoms with Gasteiger partial charge >= 0.3 is 5.97 Å². The summed E-state index contributed by atoms with van der Waals surface area (Å²) >= 11 is 0. The molecule has 1 aliphatic heterocycles. The summed E-state index contributed by atoms with van der Waals surface area (Å²) in [4.78, 5) is 38.4.